The van der Waals surface area contributed by atoms with Crippen molar-refractivity contribution in [1.82, 2.24) is 10.2 Å². The molecule has 0 spiro atoms. The summed E-state index contributed by atoms with van der Waals surface area (Å²) in [7, 11) is 0. The zero-order valence-electron chi connectivity index (χ0n) is 11.9. The van der Waals surface area contributed by atoms with E-state index in [1.807, 2.05) is 0 Å². The number of carbonyl (C=O) groups excluding carboxylic acids is 1. The van der Waals surface area contributed by atoms with Crippen molar-refractivity contribution in [3.63, 3.8) is 0 Å². The average molecular weight is 337 g/mol. The molecule has 0 bridgehead atoms. The van der Waals surface area contributed by atoms with Gasteiger partial charge < -0.3 is 15.0 Å². The van der Waals surface area contributed by atoms with Crippen molar-refractivity contribution in [2.45, 2.75) is 18.9 Å². The summed E-state index contributed by atoms with van der Waals surface area (Å²) in [6, 6.07) is 2.62. The number of amides is 2. The minimum Gasteiger partial charge on any atom is -0.373 e. The van der Waals surface area contributed by atoms with E-state index >= 15 is 0 Å². The van der Waals surface area contributed by atoms with Gasteiger partial charge in [0.05, 0.1) is 19.2 Å². The third kappa shape index (κ3) is 4.27. The third-order valence-electron chi connectivity index (χ3n) is 3.30. The first kappa shape index (κ1) is 16.9. The van der Waals surface area contributed by atoms with Gasteiger partial charge in [0.1, 0.15) is 12.4 Å². The summed E-state index contributed by atoms with van der Waals surface area (Å²) in [4.78, 5) is 13.1. The molecule has 122 valence electrons. The average Bonchev–Trinajstić information content (AvgIpc) is 2.59. The molecule has 0 aromatic heterocycles. The molecule has 1 fully saturated rings. The lowest BCUT2D eigenvalue weighted by Crippen LogP contribution is -2.46. The Labute approximate surface area is 131 Å². The summed E-state index contributed by atoms with van der Waals surface area (Å²) in [5.74, 6) is -3.57. The van der Waals surface area contributed by atoms with Crippen LogP contribution in [0.3, 0.4) is 0 Å². The third-order valence-corrected chi connectivity index (χ3v) is 3.62. The number of hydrogen-bond donors (Lipinski definition) is 1. The molecule has 22 heavy (non-hydrogen) atoms. The quantitative estimate of drug-likeness (QED) is 0.901. The Morgan fingerprint density at radius 1 is 1.50 bits per heavy atom. The summed E-state index contributed by atoms with van der Waals surface area (Å²) in [5.41, 5.74) is 0.509. The van der Waals surface area contributed by atoms with Gasteiger partial charge in [0, 0.05) is 11.6 Å². The maximum atomic E-state index is 13.4. The molecule has 2 rings (SSSR count). The molecule has 4 nitrogen and oxygen atoms in total. The molecule has 1 unspecified atom stereocenters. The van der Waals surface area contributed by atoms with Gasteiger partial charge in [0.2, 0.25) is 0 Å². The van der Waals surface area contributed by atoms with Crippen molar-refractivity contribution in [1.29, 1.82) is 0 Å². The zero-order chi connectivity index (χ0) is 16.3. The number of rotatable bonds is 2. The molecule has 1 N–H and O–H groups in total. The molecule has 1 saturated heterocycles. The highest BCUT2D eigenvalue weighted by Crippen LogP contribution is 2.24. The lowest BCUT2D eigenvalue weighted by molar-refractivity contribution is -0.0652. The van der Waals surface area contributed by atoms with Crippen molar-refractivity contribution >= 4 is 17.6 Å². The number of carbonyl (C=O) groups is 1. The predicted molar refractivity (Wildman–Crippen MR) is 75.7 cm³/mol. The van der Waals surface area contributed by atoms with Crippen molar-refractivity contribution in [2.75, 3.05) is 26.3 Å². The second kappa shape index (κ2) is 6.75. The Hall–Kier alpha value is -1.47. The van der Waals surface area contributed by atoms with Crippen LogP contribution in [0.25, 0.3) is 0 Å². The molecule has 1 aliphatic heterocycles. The minimum atomic E-state index is -3.08. The number of nitrogens with zero attached hydrogens (tertiary/aromatic N) is 1. The van der Waals surface area contributed by atoms with Gasteiger partial charge in [-0.2, -0.15) is 0 Å². The maximum absolute atomic E-state index is 13.4. The second-order valence-corrected chi connectivity index (χ2v) is 5.57. The second-order valence-electron chi connectivity index (χ2n) is 5.17. The lowest BCUT2D eigenvalue weighted by Gasteiger charge is -2.26. The molecule has 1 aromatic carbocycles. The summed E-state index contributed by atoms with van der Waals surface area (Å²) < 4.78 is 44.7. The van der Waals surface area contributed by atoms with Crippen molar-refractivity contribution < 1.29 is 22.7 Å². The van der Waals surface area contributed by atoms with Gasteiger partial charge in [-0.15, -0.1) is 0 Å². The molecule has 1 aromatic rings. The Morgan fingerprint density at radius 2 is 2.23 bits per heavy atom. The molecule has 2 amide bonds. The fraction of sp³-hybridized carbons (Fsp3) is 0.500. The number of hydrogen-bond acceptors (Lipinski definition) is 2. The predicted octanol–water partition coefficient (Wildman–Crippen LogP) is 3.22. The number of halogens is 4. The molecule has 0 radical (unpaired) electrons. The van der Waals surface area contributed by atoms with Gasteiger partial charge in [-0.05, 0) is 24.6 Å². The molecule has 0 aliphatic carbocycles. The monoisotopic (exact) mass is 336 g/mol. The fourth-order valence-corrected chi connectivity index (χ4v) is 2.51. The topological polar surface area (TPSA) is 41.6 Å². The molecular weight excluding hydrogens is 321 g/mol. The van der Waals surface area contributed by atoms with E-state index in [0.29, 0.717) is 5.56 Å². The van der Waals surface area contributed by atoms with Crippen LogP contribution in [0.4, 0.5) is 18.0 Å². The maximum Gasteiger partial charge on any atom is 0.318 e. The number of ether oxygens (including phenoxy) is 1. The standard InChI is InChI=1S/C14H16ClF3N2O2/c1-9(11-3-2-10(16)6-12(11)15)19-13(21)20-4-5-22-8-14(17,18)7-20/h2-3,6,9H,4-5,7-8H2,1H3,(H,19,21). The van der Waals surface area contributed by atoms with Crippen LogP contribution in [0.5, 0.6) is 0 Å². The van der Waals surface area contributed by atoms with Gasteiger partial charge in [-0.3, -0.25) is 0 Å². The first-order chi connectivity index (χ1) is 10.3. The SMILES string of the molecule is CC(NC(=O)N1CCOCC(F)(F)C1)c1ccc(F)cc1Cl. The van der Waals surface area contributed by atoms with Crippen LogP contribution in [0.15, 0.2) is 18.2 Å². The highest BCUT2D eigenvalue weighted by molar-refractivity contribution is 6.31. The molecule has 1 heterocycles. The van der Waals surface area contributed by atoms with E-state index in [4.69, 9.17) is 16.3 Å². The lowest BCUT2D eigenvalue weighted by atomic mass is 10.1. The summed E-state index contributed by atoms with van der Waals surface area (Å²) >= 11 is 5.92. The highest BCUT2D eigenvalue weighted by atomic mass is 35.5. The van der Waals surface area contributed by atoms with Crippen LogP contribution in [0, 0.1) is 5.82 Å². The normalized spacial score (nSPS) is 19.4. The van der Waals surface area contributed by atoms with E-state index in [0.717, 1.165) is 11.0 Å². The number of alkyl halides is 2. The van der Waals surface area contributed by atoms with Crippen LogP contribution >= 0.6 is 11.6 Å². The zero-order valence-corrected chi connectivity index (χ0v) is 12.7. The number of nitrogens with one attached hydrogen (secondary N) is 1. The number of urea groups is 1. The van der Waals surface area contributed by atoms with Crippen LogP contribution in [-0.4, -0.2) is 43.2 Å². The van der Waals surface area contributed by atoms with Gasteiger partial charge in [-0.1, -0.05) is 17.7 Å². The van der Waals surface area contributed by atoms with Gasteiger partial charge in [-0.25, -0.2) is 18.0 Å². The largest absolute Gasteiger partial charge is 0.373 e. The summed E-state index contributed by atoms with van der Waals surface area (Å²) in [5, 5.41) is 2.75. The minimum absolute atomic E-state index is 0.0503. The van der Waals surface area contributed by atoms with Crippen LogP contribution in [0.1, 0.15) is 18.5 Å². The van der Waals surface area contributed by atoms with Gasteiger partial charge >= 0.3 is 6.03 Å². The Balaban J connectivity index is 2.04. The van der Waals surface area contributed by atoms with E-state index in [9.17, 15) is 18.0 Å². The molecule has 1 atom stereocenters. The van der Waals surface area contributed by atoms with Crippen LogP contribution in [0.2, 0.25) is 5.02 Å². The van der Waals surface area contributed by atoms with E-state index in [1.165, 1.54) is 12.1 Å². The fourth-order valence-electron chi connectivity index (χ4n) is 2.18. The first-order valence-electron chi connectivity index (χ1n) is 6.74. The Kier molecular flexibility index (Phi) is 5.18. The summed E-state index contributed by atoms with van der Waals surface area (Å²) in [6.07, 6.45) is 0. The van der Waals surface area contributed by atoms with Crippen LogP contribution in [-0.2, 0) is 4.74 Å². The van der Waals surface area contributed by atoms with Crippen LogP contribution < -0.4 is 5.32 Å². The van der Waals surface area contributed by atoms with Crippen molar-refractivity contribution in [3.05, 3.63) is 34.6 Å². The Bertz CT molecular complexity index is 557. The smallest absolute Gasteiger partial charge is 0.318 e. The van der Waals surface area contributed by atoms with Gasteiger partial charge in [0.15, 0.2) is 0 Å². The van der Waals surface area contributed by atoms with E-state index in [1.54, 1.807) is 6.92 Å². The molecule has 1 aliphatic rings. The van der Waals surface area contributed by atoms with Crippen molar-refractivity contribution in [3.8, 4) is 0 Å². The van der Waals surface area contributed by atoms with E-state index < -0.39 is 37.0 Å². The van der Waals surface area contributed by atoms with Crippen molar-refractivity contribution in [2.24, 2.45) is 0 Å². The highest BCUT2D eigenvalue weighted by Gasteiger charge is 2.36. The molecular formula is C14H16ClF3N2O2. The summed E-state index contributed by atoms with van der Waals surface area (Å²) in [6.45, 7) is 0.363. The molecule has 0 saturated carbocycles. The molecule has 8 heteroatoms. The number of benzene rings is 1. The van der Waals surface area contributed by atoms with Gasteiger partial charge in [0.25, 0.3) is 5.92 Å². The van der Waals surface area contributed by atoms with E-state index in [-0.39, 0.29) is 18.2 Å². The Morgan fingerprint density at radius 3 is 2.91 bits per heavy atom. The van der Waals surface area contributed by atoms with E-state index in [2.05, 4.69) is 5.32 Å². The first-order valence-corrected chi connectivity index (χ1v) is 7.12.